The third-order valence-electron chi connectivity index (χ3n) is 1.53. The molecule has 76 valence electrons. The van der Waals surface area contributed by atoms with Crippen molar-refractivity contribution < 1.29 is 18.4 Å². The van der Waals surface area contributed by atoms with Gasteiger partial charge in [0, 0.05) is 6.20 Å². The molecule has 0 N–H and O–H groups in total. The van der Waals surface area contributed by atoms with E-state index in [1.807, 2.05) is 0 Å². The summed E-state index contributed by atoms with van der Waals surface area (Å²) in [5.74, 6) is -0.0684. The highest BCUT2D eigenvalue weighted by Gasteiger charge is 2.22. The molecule has 0 aliphatic heterocycles. The maximum atomic E-state index is 12.2. The molecule has 1 aromatic heterocycles. The number of rotatable bonds is 3. The second-order valence-electron chi connectivity index (χ2n) is 2.34. The first-order valence-corrected chi connectivity index (χ1v) is 3.52. The van der Waals surface area contributed by atoms with E-state index in [0.29, 0.717) is 0 Å². The molecule has 1 rings (SSSR count). The Hall–Kier alpha value is -1.79. The number of aromatic nitrogens is 1. The standard InChI is InChI=1S/C7H6F2N2O3/c1-14-6-2-5(11(12)13)4(3-10-6)7(8)9/h2-3,7H,1H3. The van der Waals surface area contributed by atoms with E-state index in [-0.39, 0.29) is 5.88 Å². The van der Waals surface area contributed by atoms with Crippen LogP contribution in [0.3, 0.4) is 0 Å². The van der Waals surface area contributed by atoms with Crippen LogP contribution in [0.25, 0.3) is 0 Å². The Bertz CT molecular complexity index is 357. The Morgan fingerprint density at radius 2 is 2.29 bits per heavy atom. The van der Waals surface area contributed by atoms with Crippen LogP contribution in [0.4, 0.5) is 14.5 Å². The molecular formula is C7H6F2N2O3. The number of hydrogen-bond acceptors (Lipinski definition) is 4. The summed E-state index contributed by atoms with van der Waals surface area (Å²) in [5.41, 5.74) is -1.40. The predicted molar refractivity (Wildman–Crippen MR) is 42.4 cm³/mol. The molecule has 0 spiro atoms. The number of nitro groups is 1. The maximum Gasteiger partial charge on any atom is 0.285 e. The molecule has 0 aliphatic rings. The number of nitrogens with zero attached hydrogens (tertiary/aromatic N) is 2. The van der Waals surface area contributed by atoms with Crippen molar-refractivity contribution >= 4 is 5.69 Å². The summed E-state index contributed by atoms with van der Waals surface area (Å²) in [6.45, 7) is 0. The first kappa shape index (κ1) is 10.3. The van der Waals surface area contributed by atoms with Crippen LogP contribution in [0, 0.1) is 10.1 Å². The van der Waals surface area contributed by atoms with Crippen LogP contribution in [-0.4, -0.2) is 17.0 Å². The number of alkyl halides is 2. The second-order valence-corrected chi connectivity index (χ2v) is 2.34. The van der Waals surface area contributed by atoms with E-state index in [2.05, 4.69) is 9.72 Å². The van der Waals surface area contributed by atoms with Gasteiger partial charge in [-0.15, -0.1) is 0 Å². The van der Waals surface area contributed by atoms with Gasteiger partial charge in [-0.25, -0.2) is 13.8 Å². The smallest absolute Gasteiger partial charge is 0.285 e. The van der Waals surface area contributed by atoms with Gasteiger partial charge >= 0.3 is 0 Å². The van der Waals surface area contributed by atoms with Gasteiger partial charge in [0.25, 0.3) is 12.1 Å². The van der Waals surface area contributed by atoms with Gasteiger partial charge in [-0.1, -0.05) is 0 Å². The van der Waals surface area contributed by atoms with Crippen molar-refractivity contribution in [3.8, 4) is 5.88 Å². The van der Waals surface area contributed by atoms with Gasteiger partial charge in [0.15, 0.2) is 0 Å². The van der Waals surface area contributed by atoms with E-state index in [1.165, 1.54) is 7.11 Å². The van der Waals surface area contributed by atoms with Crippen molar-refractivity contribution in [2.75, 3.05) is 7.11 Å². The van der Waals surface area contributed by atoms with E-state index in [0.717, 1.165) is 12.3 Å². The molecule has 0 radical (unpaired) electrons. The number of methoxy groups -OCH3 is 1. The number of ether oxygens (including phenoxy) is 1. The summed E-state index contributed by atoms with van der Waals surface area (Å²) in [6, 6.07) is 0.863. The Morgan fingerprint density at radius 3 is 2.71 bits per heavy atom. The van der Waals surface area contributed by atoms with E-state index in [1.54, 1.807) is 0 Å². The summed E-state index contributed by atoms with van der Waals surface area (Å²) in [6.07, 6.45) is -2.18. The van der Waals surface area contributed by atoms with E-state index in [4.69, 9.17) is 0 Å². The summed E-state index contributed by atoms with van der Waals surface area (Å²) in [4.78, 5) is 12.9. The Morgan fingerprint density at radius 1 is 1.64 bits per heavy atom. The third-order valence-corrected chi connectivity index (χ3v) is 1.53. The number of halogens is 2. The van der Waals surface area contributed by atoms with Crippen LogP contribution in [0.5, 0.6) is 5.88 Å². The van der Waals surface area contributed by atoms with E-state index in [9.17, 15) is 18.9 Å². The molecule has 0 saturated heterocycles. The first-order valence-electron chi connectivity index (χ1n) is 3.52. The minimum absolute atomic E-state index is 0.0684. The van der Waals surface area contributed by atoms with Crippen LogP contribution in [-0.2, 0) is 0 Å². The molecule has 0 aliphatic carbocycles. The van der Waals surface area contributed by atoms with Gasteiger partial charge in [-0.05, 0) is 0 Å². The normalized spacial score (nSPS) is 10.3. The second kappa shape index (κ2) is 3.95. The average Bonchev–Trinajstić information content (AvgIpc) is 2.16. The lowest BCUT2D eigenvalue weighted by molar-refractivity contribution is -0.386. The fraction of sp³-hybridized carbons (Fsp3) is 0.286. The van der Waals surface area contributed by atoms with Crippen LogP contribution < -0.4 is 4.74 Å². The van der Waals surface area contributed by atoms with Crippen molar-refractivity contribution in [3.63, 3.8) is 0 Å². The quantitative estimate of drug-likeness (QED) is 0.557. The Balaban J connectivity index is 3.24. The van der Waals surface area contributed by atoms with Gasteiger partial charge < -0.3 is 4.74 Å². The highest BCUT2D eigenvalue weighted by atomic mass is 19.3. The van der Waals surface area contributed by atoms with E-state index >= 15 is 0 Å². The minimum Gasteiger partial charge on any atom is -0.481 e. The molecule has 1 aromatic rings. The average molecular weight is 204 g/mol. The number of hydrogen-bond donors (Lipinski definition) is 0. The predicted octanol–water partition coefficient (Wildman–Crippen LogP) is 1.94. The summed E-state index contributed by atoms with van der Waals surface area (Å²) < 4.78 is 29.1. The zero-order valence-electron chi connectivity index (χ0n) is 7.11. The fourth-order valence-corrected chi connectivity index (χ4v) is 0.875. The highest BCUT2D eigenvalue weighted by molar-refractivity contribution is 5.42. The zero-order valence-corrected chi connectivity index (χ0v) is 7.11. The first-order chi connectivity index (χ1) is 6.56. The lowest BCUT2D eigenvalue weighted by atomic mass is 10.2. The molecular weight excluding hydrogens is 198 g/mol. The van der Waals surface area contributed by atoms with Gasteiger partial charge in [-0.3, -0.25) is 10.1 Å². The SMILES string of the molecule is COc1cc([N+](=O)[O-])c(C(F)F)cn1. The van der Waals surface area contributed by atoms with Gasteiger partial charge in [0.1, 0.15) is 5.56 Å². The molecule has 0 fully saturated rings. The van der Waals surface area contributed by atoms with Crippen LogP contribution >= 0.6 is 0 Å². The Kier molecular flexibility index (Phi) is 2.90. The van der Waals surface area contributed by atoms with Gasteiger partial charge in [0.05, 0.1) is 18.1 Å². The summed E-state index contributed by atoms with van der Waals surface area (Å²) in [7, 11) is 1.24. The molecule has 14 heavy (non-hydrogen) atoms. The topological polar surface area (TPSA) is 65.3 Å². The lowest BCUT2D eigenvalue weighted by Gasteiger charge is -2.02. The van der Waals surface area contributed by atoms with Crippen LogP contribution in [0.15, 0.2) is 12.3 Å². The minimum atomic E-state index is -2.92. The fourth-order valence-electron chi connectivity index (χ4n) is 0.875. The number of pyridine rings is 1. The highest BCUT2D eigenvalue weighted by Crippen LogP contribution is 2.30. The molecule has 0 unspecified atom stereocenters. The molecule has 0 bridgehead atoms. The molecule has 5 nitrogen and oxygen atoms in total. The lowest BCUT2D eigenvalue weighted by Crippen LogP contribution is -1.98. The summed E-state index contributed by atoms with van der Waals surface area (Å²) >= 11 is 0. The van der Waals surface area contributed by atoms with E-state index < -0.39 is 22.6 Å². The monoisotopic (exact) mass is 204 g/mol. The van der Waals surface area contributed by atoms with Crippen molar-refractivity contribution in [1.82, 2.24) is 4.98 Å². The van der Waals surface area contributed by atoms with Gasteiger partial charge in [-0.2, -0.15) is 0 Å². The van der Waals surface area contributed by atoms with Crippen molar-refractivity contribution in [3.05, 3.63) is 27.9 Å². The maximum absolute atomic E-state index is 12.2. The van der Waals surface area contributed by atoms with Crippen molar-refractivity contribution in [2.24, 2.45) is 0 Å². The molecule has 0 saturated carbocycles. The van der Waals surface area contributed by atoms with Crippen molar-refractivity contribution in [1.29, 1.82) is 0 Å². The van der Waals surface area contributed by atoms with Crippen LogP contribution in [0.1, 0.15) is 12.0 Å². The Labute approximate surface area is 77.5 Å². The van der Waals surface area contributed by atoms with Crippen LogP contribution in [0.2, 0.25) is 0 Å². The van der Waals surface area contributed by atoms with Crippen molar-refractivity contribution in [2.45, 2.75) is 6.43 Å². The largest absolute Gasteiger partial charge is 0.481 e. The summed E-state index contributed by atoms with van der Waals surface area (Å²) in [5, 5.41) is 10.4. The molecule has 0 aromatic carbocycles. The molecule has 1 heterocycles. The molecule has 0 amide bonds. The zero-order chi connectivity index (χ0) is 10.7. The molecule has 0 atom stereocenters. The van der Waals surface area contributed by atoms with Gasteiger partial charge in [0.2, 0.25) is 5.88 Å². The molecule has 7 heteroatoms. The third kappa shape index (κ3) is 1.93.